The second kappa shape index (κ2) is 2.65. The lowest BCUT2D eigenvalue weighted by Crippen LogP contribution is -2.01. The third-order valence-corrected chi connectivity index (χ3v) is 1.59. The Balaban J connectivity index is 3.15. The SMILES string of the molecule is CCc1c(N)c[nH]c1C(=O)O. The maximum absolute atomic E-state index is 10.5. The van der Waals surface area contributed by atoms with Crippen LogP contribution in [0.4, 0.5) is 5.69 Å². The van der Waals surface area contributed by atoms with Gasteiger partial charge in [-0.2, -0.15) is 0 Å². The van der Waals surface area contributed by atoms with E-state index in [1.165, 1.54) is 6.20 Å². The highest BCUT2D eigenvalue weighted by molar-refractivity contribution is 5.89. The van der Waals surface area contributed by atoms with Crippen LogP contribution in [0.1, 0.15) is 23.0 Å². The van der Waals surface area contributed by atoms with Crippen molar-refractivity contribution < 1.29 is 9.90 Å². The van der Waals surface area contributed by atoms with Gasteiger partial charge in [-0.25, -0.2) is 4.79 Å². The largest absolute Gasteiger partial charge is 0.477 e. The highest BCUT2D eigenvalue weighted by Crippen LogP contribution is 2.16. The molecule has 1 aromatic heterocycles. The van der Waals surface area contributed by atoms with Crippen molar-refractivity contribution in [1.82, 2.24) is 4.98 Å². The topological polar surface area (TPSA) is 79.1 Å². The number of hydrogen-bond acceptors (Lipinski definition) is 2. The summed E-state index contributed by atoms with van der Waals surface area (Å²) in [6.45, 7) is 1.87. The van der Waals surface area contributed by atoms with Crippen molar-refractivity contribution in [2.24, 2.45) is 0 Å². The van der Waals surface area contributed by atoms with E-state index in [1.54, 1.807) is 0 Å². The Morgan fingerprint density at radius 1 is 1.82 bits per heavy atom. The third kappa shape index (κ3) is 1.19. The number of carboxylic acids is 1. The molecule has 4 nitrogen and oxygen atoms in total. The van der Waals surface area contributed by atoms with Gasteiger partial charge in [0.15, 0.2) is 0 Å². The van der Waals surface area contributed by atoms with E-state index in [4.69, 9.17) is 10.8 Å². The fraction of sp³-hybridized carbons (Fsp3) is 0.286. The lowest BCUT2D eigenvalue weighted by molar-refractivity contribution is 0.0690. The highest BCUT2D eigenvalue weighted by atomic mass is 16.4. The van der Waals surface area contributed by atoms with Crippen LogP contribution in [-0.4, -0.2) is 16.1 Å². The van der Waals surface area contributed by atoms with Crippen molar-refractivity contribution >= 4 is 11.7 Å². The molecule has 1 heterocycles. The standard InChI is InChI=1S/C7H10N2O2/c1-2-4-5(8)3-9-6(4)7(10)11/h3,9H,2,8H2,1H3,(H,10,11). The van der Waals surface area contributed by atoms with Gasteiger partial charge < -0.3 is 15.8 Å². The van der Waals surface area contributed by atoms with Gasteiger partial charge in [0.2, 0.25) is 0 Å². The van der Waals surface area contributed by atoms with Crippen molar-refractivity contribution in [2.45, 2.75) is 13.3 Å². The molecular weight excluding hydrogens is 144 g/mol. The Morgan fingerprint density at radius 3 is 2.82 bits per heavy atom. The van der Waals surface area contributed by atoms with E-state index in [0.717, 1.165) is 0 Å². The zero-order chi connectivity index (χ0) is 8.43. The van der Waals surface area contributed by atoms with Crippen LogP contribution < -0.4 is 5.73 Å². The Morgan fingerprint density at radius 2 is 2.45 bits per heavy atom. The second-order valence-corrected chi connectivity index (χ2v) is 2.26. The summed E-state index contributed by atoms with van der Waals surface area (Å²) in [6, 6.07) is 0. The number of hydrogen-bond donors (Lipinski definition) is 3. The molecule has 1 rings (SSSR count). The van der Waals surface area contributed by atoms with Crippen molar-refractivity contribution in [1.29, 1.82) is 0 Å². The summed E-state index contributed by atoms with van der Waals surface area (Å²) in [6.07, 6.45) is 2.14. The van der Waals surface area contributed by atoms with Gasteiger partial charge in [0.05, 0.1) is 5.69 Å². The molecule has 0 atom stereocenters. The van der Waals surface area contributed by atoms with Gasteiger partial charge in [0.1, 0.15) is 5.69 Å². The molecule has 60 valence electrons. The minimum absolute atomic E-state index is 0.199. The highest BCUT2D eigenvalue weighted by Gasteiger charge is 2.12. The van der Waals surface area contributed by atoms with Gasteiger partial charge in [-0.15, -0.1) is 0 Å². The summed E-state index contributed by atoms with van der Waals surface area (Å²) < 4.78 is 0. The quantitative estimate of drug-likeness (QED) is 0.591. The lowest BCUT2D eigenvalue weighted by atomic mass is 10.2. The third-order valence-electron chi connectivity index (χ3n) is 1.59. The van der Waals surface area contributed by atoms with E-state index in [2.05, 4.69) is 4.98 Å². The molecule has 0 saturated heterocycles. The van der Waals surface area contributed by atoms with Crippen molar-refractivity contribution in [3.63, 3.8) is 0 Å². The summed E-state index contributed by atoms with van der Waals surface area (Å²) in [5, 5.41) is 8.62. The molecule has 0 amide bonds. The summed E-state index contributed by atoms with van der Waals surface area (Å²) in [5.74, 6) is -0.960. The number of aromatic nitrogens is 1. The smallest absolute Gasteiger partial charge is 0.352 e. The Bertz CT molecular complexity index is 278. The van der Waals surface area contributed by atoms with Crippen LogP contribution in [0.3, 0.4) is 0 Å². The molecule has 4 heteroatoms. The van der Waals surface area contributed by atoms with E-state index in [1.807, 2.05) is 6.92 Å². The van der Waals surface area contributed by atoms with Crippen LogP contribution in [0.5, 0.6) is 0 Å². The van der Waals surface area contributed by atoms with Crippen LogP contribution in [0.25, 0.3) is 0 Å². The van der Waals surface area contributed by atoms with Gasteiger partial charge in [-0.3, -0.25) is 0 Å². The molecule has 0 aliphatic rings. The number of aromatic amines is 1. The number of nitrogens with two attached hydrogens (primary N) is 1. The molecule has 0 aliphatic carbocycles. The average Bonchev–Trinajstić information content (AvgIpc) is 2.30. The molecule has 0 aliphatic heterocycles. The van der Waals surface area contributed by atoms with Gasteiger partial charge in [0, 0.05) is 11.8 Å². The maximum Gasteiger partial charge on any atom is 0.352 e. The molecule has 0 aromatic carbocycles. The van der Waals surface area contributed by atoms with Crippen LogP contribution >= 0.6 is 0 Å². The van der Waals surface area contributed by atoms with Gasteiger partial charge in [-0.05, 0) is 6.42 Å². The lowest BCUT2D eigenvalue weighted by Gasteiger charge is -1.95. The van der Waals surface area contributed by atoms with Crippen molar-refractivity contribution in [3.8, 4) is 0 Å². The molecule has 0 radical (unpaired) electrons. The Kier molecular flexibility index (Phi) is 1.85. The van der Waals surface area contributed by atoms with E-state index in [-0.39, 0.29) is 5.69 Å². The summed E-state index contributed by atoms with van der Waals surface area (Å²) in [7, 11) is 0. The Labute approximate surface area is 64.0 Å². The molecular formula is C7H10N2O2. The number of aromatic carboxylic acids is 1. The summed E-state index contributed by atoms with van der Waals surface area (Å²) >= 11 is 0. The van der Waals surface area contributed by atoms with Crippen molar-refractivity contribution in [2.75, 3.05) is 5.73 Å². The molecule has 11 heavy (non-hydrogen) atoms. The number of carbonyl (C=O) groups is 1. The van der Waals surface area contributed by atoms with Gasteiger partial charge in [-0.1, -0.05) is 6.92 Å². The van der Waals surface area contributed by atoms with Crippen LogP contribution in [-0.2, 0) is 6.42 Å². The van der Waals surface area contributed by atoms with E-state index in [0.29, 0.717) is 17.7 Å². The number of H-pyrrole nitrogens is 1. The predicted octanol–water partition coefficient (Wildman–Crippen LogP) is 0.858. The zero-order valence-electron chi connectivity index (χ0n) is 6.22. The molecule has 0 spiro atoms. The van der Waals surface area contributed by atoms with Gasteiger partial charge >= 0.3 is 5.97 Å². The first-order valence-corrected chi connectivity index (χ1v) is 3.35. The number of carboxylic acid groups (broad SMARTS) is 1. The van der Waals surface area contributed by atoms with Crippen LogP contribution in [0.15, 0.2) is 6.20 Å². The normalized spacial score (nSPS) is 9.91. The fourth-order valence-corrected chi connectivity index (χ4v) is 1.04. The van der Waals surface area contributed by atoms with Crippen molar-refractivity contribution in [3.05, 3.63) is 17.5 Å². The van der Waals surface area contributed by atoms with Gasteiger partial charge in [0.25, 0.3) is 0 Å². The van der Waals surface area contributed by atoms with Crippen LogP contribution in [0, 0.1) is 0 Å². The van der Waals surface area contributed by atoms with Crippen LogP contribution in [0.2, 0.25) is 0 Å². The summed E-state index contributed by atoms with van der Waals surface area (Å²) in [4.78, 5) is 13.1. The molecule has 0 fully saturated rings. The second-order valence-electron chi connectivity index (χ2n) is 2.26. The number of anilines is 1. The maximum atomic E-state index is 10.5. The molecule has 0 unspecified atom stereocenters. The Hall–Kier alpha value is -1.45. The molecule has 1 aromatic rings. The fourth-order valence-electron chi connectivity index (χ4n) is 1.04. The molecule has 4 N–H and O–H groups in total. The number of rotatable bonds is 2. The monoisotopic (exact) mass is 154 g/mol. The average molecular weight is 154 g/mol. The number of nitrogen functional groups attached to an aromatic ring is 1. The summed E-state index contributed by atoms with van der Waals surface area (Å²) in [5.41, 5.74) is 6.89. The van der Waals surface area contributed by atoms with E-state index < -0.39 is 5.97 Å². The zero-order valence-corrected chi connectivity index (χ0v) is 6.22. The van der Waals surface area contributed by atoms with E-state index >= 15 is 0 Å². The first-order valence-electron chi connectivity index (χ1n) is 3.35. The minimum atomic E-state index is -0.960. The molecule has 0 saturated carbocycles. The predicted molar refractivity (Wildman–Crippen MR) is 41.5 cm³/mol. The number of nitrogens with one attached hydrogen (secondary N) is 1. The first kappa shape index (κ1) is 7.65. The van der Waals surface area contributed by atoms with E-state index in [9.17, 15) is 4.79 Å². The minimum Gasteiger partial charge on any atom is -0.477 e. The first-order chi connectivity index (χ1) is 5.16. The molecule has 0 bridgehead atoms.